The topological polar surface area (TPSA) is 46.5 Å². The third kappa shape index (κ3) is 5.14. The van der Waals surface area contributed by atoms with Crippen LogP contribution >= 0.6 is 0 Å². The molecule has 0 bridgehead atoms. The first-order chi connectivity index (χ1) is 11.1. The zero-order chi connectivity index (χ0) is 16.7. The Hall–Kier alpha value is -2.27. The normalized spacial score (nSPS) is 10.8. The number of hydrogen-bond donors (Lipinski definition) is 1. The third-order valence-electron chi connectivity index (χ3n) is 3.44. The Balaban J connectivity index is 2.07. The summed E-state index contributed by atoms with van der Waals surface area (Å²) in [7, 11) is 1.64. The number of urea groups is 1. The highest BCUT2D eigenvalue weighted by Gasteiger charge is 2.15. The molecule has 1 heterocycles. The number of benzene rings is 1. The summed E-state index contributed by atoms with van der Waals surface area (Å²) < 4.78 is 7.10. The molecule has 0 atom stereocenters. The molecule has 1 aromatic heterocycles. The molecule has 1 N–H and O–H groups in total. The molecule has 23 heavy (non-hydrogen) atoms. The molecule has 0 spiro atoms. The van der Waals surface area contributed by atoms with Crippen LogP contribution in [0.4, 0.5) is 10.5 Å². The van der Waals surface area contributed by atoms with Crippen LogP contribution < -0.4 is 5.32 Å². The number of carbonyl (C=O) groups is 1. The monoisotopic (exact) mass is 315 g/mol. The highest BCUT2D eigenvalue weighted by atomic mass is 16.5. The molecule has 0 fully saturated rings. The van der Waals surface area contributed by atoms with E-state index in [0.717, 1.165) is 11.4 Å². The van der Waals surface area contributed by atoms with Crippen molar-refractivity contribution < 1.29 is 9.53 Å². The van der Waals surface area contributed by atoms with Crippen LogP contribution in [0.2, 0.25) is 0 Å². The molecule has 5 nitrogen and oxygen atoms in total. The predicted molar refractivity (Wildman–Crippen MR) is 93.1 cm³/mol. The minimum Gasteiger partial charge on any atom is -0.383 e. The number of anilines is 1. The molecule has 0 saturated carbocycles. The van der Waals surface area contributed by atoms with Gasteiger partial charge in [-0.25, -0.2) is 4.79 Å². The van der Waals surface area contributed by atoms with E-state index >= 15 is 0 Å². The van der Waals surface area contributed by atoms with Crippen molar-refractivity contribution in [3.63, 3.8) is 0 Å². The lowest BCUT2D eigenvalue weighted by Gasteiger charge is -2.24. The Labute approximate surface area is 137 Å². The zero-order valence-electron chi connectivity index (χ0n) is 14.0. The summed E-state index contributed by atoms with van der Waals surface area (Å²) in [6, 6.07) is 11.6. The molecule has 5 heteroatoms. The Morgan fingerprint density at radius 3 is 2.65 bits per heavy atom. The van der Waals surface area contributed by atoms with Gasteiger partial charge in [-0.2, -0.15) is 0 Å². The van der Waals surface area contributed by atoms with Gasteiger partial charge in [0.2, 0.25) is 0 Å². The summed E-state index contributed by atoms with van der Waals surface area (Å²) in [5, 5.41) is 2.98. The maximum atomic E-state index is 12.5. The van der Waals surface area contributed by atoms with Gasteiger partial charge in [0.1, 0.15) is 0 Å². The highest BCUT2D eigenvalue weighted by molar-refractivity contribution is 5.89. The Kier molecular flexibility index (Phi) is 6.23. The molecule has 0 aliphatic heterocycles. The van der Waals surface area contributed by atoms with Crippen molar-refractivity contribution in [2.45, 2.75) is 13.8 Å². The number of nitrogens with zero attached hydrogens (tertiary/aromatic N) is 2. The minimum absolute atomic E-state index is 0.0968. The minimum atomic E-state index is -0.0968. The van der Waals surface area contributed by atoms with E-state index in [1.54, 1.807) is 12.0 Å². The number of ether oxygens (including phenoxy) is 1. The van der Waals surface area contributed by atoms with Crippen molar-refractivity contribution in [1.29, 1.82) is 0 Å². The molecule has 124 valence electrons. The van der Waals surface area contributed by atoms with Crippen LogP contribution in [0.25, 0.3) is 5.69 Å². The smallest absolute Gasteiger partial charge is 0.321 e. The molecule has 0 radical (unpaired) electrons. The Morgan fingerprint density at radius 2 is 2.00 bits per heavy atom. The average molecular weight is 315 g/mol. The Bertz CT molecular complexity index is 608. The number of nitrogens with one attached hydrogen (secondary N) is 1. The van der Waals surface area contributed by atoms with Crippen LogP contribution in [-0.4, -0.2) is 42.3 Å². The van der Waals surface area contributed by atoms with E-state index in [1.165, 1.54) is 0 Å². The van der Waals surface area contributed by atoms with E-state index in [9.17, 15) is 4.79 Å². The summed E-state index contributed by atoms with van der Waals surface area (Å²) in [5.74, 6) is 0.406. The number of carbonyl (C=O) groups excluding carboxylic acids is 1. The van der Waals surface area contributed by atoms with Gasteiger partial charge in [0, 0.05) is 44.0 Å². The van der Waals surface area contributed by atoms with Gasteiger partial charge in [-0.15, -0.1) is 0 Å². The Morgan fingerprint density at radius 1 is 1.26 bits per heavy atom. The second-order valence-electron chi connectivity index (χ2n) is 5.90. The van der Waals surface area contributed by atoms with Crippen molar-refractivity contribution in [1.82, 2.24) is 9.47 Å². The first kappa shape index (κ1) is 17.1. The molecule has 2 amide bonds. The van der Waals surface area contributed by atoms with E-state index in [4.69, 9.17) is 4.74 Å². The van der Waals surface area contributed by atoms with Crippen LogP contribution in [0.3, 0.4) is 0 Å². The summed E-state index contributed by atoms with van der Waals surface area (Å²) >= 11 is 0. The maximum absolute atomic E-state index is 12.5. The van der Waals surface area contributed by atoms with Gasteiger partial charge >= 0.3 is 6.03 Å². The first-order valence-electron chi connectivity index (χ1n) is 7.88. The van der Waals surface area contributed by atoms with Crippen molar-refractivity contribution in [2.24, 2.45) is 5.92 Å². The number of rotatable bonds is 7. The van der Waals surface area contributed by atoms with E-state index in [1.807, 2.05) is 53.4 Å². The standard InChI is InChI=1S/C18H25N3O2/c1-15(2)14-21(11-12-23-3)18(22)19-16-7-6-8-17(13-16)20-9-4-5-10-20/h4-10,13,15H,11-12,14H2,1-3H3,(H,19,22). The van der Waals surface area contributed by atoms with Gasteiger partial charge in [0.25, 0.3) is 0 Å². The lowest BCUT2D eigenvalue weighted by molar-refractivity contribution is 0.150. The van der Waals surface area contributed by atoms with Crippen molar-refractivity contribution >= 4 is 11.7 Å². The van der Waals surface area contributed by atoms with Crippen molar-refractivity contribution in [2.75, 3.05) is 32.1 Å². The number of amides is 2. The number of aromatic nitrogens is 1. The zero-order valence-corrected chi connectivity index (χ0v) is 14.0. The molecular weight excluding hydrogens is 290 g/mol. The molecule has 2 rings (SSSR count). The van der Waals surface area contributed by atoms with E-state index in [0.29, 0.717) is 25.6 Å². The second kappa shape index (κ2) is 8.39. The van der Waals surface area contributed by atoms with Crippen LogP contribution in [0.15, 0.2) is 48.8 Å². The average Bonchev–Trinajstić information content (AvgIpc) is 3.05. The van der Waals surface area contributed by atoms with E-state index in [2.05, 4.69) is 19.2 Å². The summed E-state index contributed by atoms with van der Waals surface area (Å²) in [5.41, 5.74) is 1.80. The third-order valence-corrected chi connectivity index (χ3v) is 3.44. The first-order valence-corrected chi connectivity index (χ1v) is 7.88. The van der Waals surface area contributed by atoms with Crippen LogP contribution in [0.1, 0.15) is 13.8 Å². The summed E-state index contributed by atoms with van der Waals surface area (Å²) in [6.45, 7) is 6.01. The fourth-order valence-corrected chi connectivity index (χ4v) is 2.37. The van der Waals surface area contributed by atoms with Gasteiger partial charge in [-0.1, -0.05) is 19.9 Å². The number of hydrogen-bond acceptors (Lipinski definition) is 2. The second-order valence-corrected chi connectivity index (χ2v) is 5.90. The lowest BCUT2D eigenvalue weighted by atomic mass is 10.2. The molecule has 0 aliphatic rings. The fraction of sp³-hybridized carbons (Fsp3) is 0.389. The predicted octanol–water partition coefficient (Wildman–Crippen LogP) is 3.61. The largest absolute Gasteiger partial charge is 0.383 e. The van der Waals surface area contributed by atoms with Crippen molar-refractivity contribution in [3.8, 4) is 5.69 Å². The molecule has 2 aromatic rings. The quantitative estimate of drug-likeness (QED) is 0.848. The van der Waals surface area contributed by atoms with Crippen LogP contribution in [0, 0.1) is 5.92 Å². The maximum Gasteiger partial charge on any atom is 0.321 e. The molecule has 0 aliphatic carbocycles. The van der Waals surface area contributed by atoms with Crippen LogP contribution in [-0.2, 0) is 4.74 Å². The highest BCUT2D eigenvalue weighted by Crippen LogP contribution is 2.15. The summed E-state index contributed by atoms with van der Waals surface area (Å²) in [6.07, 6.45) is 3.95. The van der Waals surface area contributed by atoms with Gasteiger partial charge in [0.05, 0.1) is 6.61 Å². The van der Waals surface area contributed by atoms with E-state index < -0.39 is 0 Å². The van der Waals surface area contributed by atoms with Gasteiger partial charge in [-0.3, -0.25) is 0 Å². The molecule has 0 saturated heterocycles. The molecule has 1 aromatic carbocycles. The fourth-order valence-electron chi connectivity index (χ4n) is 2.37. The summed E-state index contributed by atoms with van der Waals surface area (Å²) in [4.78, 5) is 14.3. The SMILES string of the molecule is COCCN(CC(C)C)C(=O)Nc1cccc(-n2cccc2)c1. The van der Waals surface area contributed by atoms with E-state index in [-0.39, 0.29) is 6.03 Å². The van der Waals surface area contributed by atoms with Gasteiger partial charge < -0.3 is 19.5 Å². The number of methoxy groups -OCH3 is 1. The molecular formula is C18H25N3O2. The lowest BCUT2D eigenvalue weighted by Crippen LogP contribution is -2.39. The van der Waals surface area contributed by atoms with Crippen LogP contribution in [0.5, 0.6) is 0 Å². The van der Waals surface area contributed by atoms with Gasteiger partial charge in [0.15, 0.2) is 0 Å². The molecule has 0 unspecified atom stereocenters. The van der Waals surface area contributed by atoms with Gasteiger partial charge in [-0.05, 0) is 36.2 Å². The van der Waals surface area contributed by atoms with Crippen molar-refractivity contribution in [3.05, 3.63) is 48.8 Å².